The molecular formula is C31H41N7O4. The zero-order valence-electron chi connectivity index (χ0n) is 25.0. The van der Waals surface area contributed by atoms with E-state index in [1.54, 1.807) is 24.3 Å². The Morgan fingerprint density at radius 2 is 1.83 bits per heavy atom. The lowest BCUT2D eigenvalue weighted by atomic mass is 9.91. The van der Waals surface area contributed by atoms with E-state index in [-0.39, 0.29) is 12.1 Å². The van der Waals surface area contributed by atoms with Gasteiger partial charge in [0, 0.05) is 70.7 Å². The fourth-order valence-electron chi connectivity index (χ4n) is 5.59. The number of fused-ring (bicyclic) bond motifs is 1. The standard InChI is InChI=1S/C31H41N7O4/c1-22-25(33-13-10-26(22)42-17-5-16-41-4)19-37-14-11-31(40,12-15-37)20-38-21-34-27-28(30(38)39)35-36(3)29(27)24-8-6-23(7-9-24)18-32-2/h6-10,13,21,32,40H,5,11-12,14-20H2,1-4H3. The first-order chi connectivity index (χ1) is 20.3. The number of hydrogen-bond donors (Lipinski definition) is 2. The third-order valence-corrected chi connectivity index (χ3v) is 8.05. The fourth-order valence-corrected chi connectivity index (χ4v) is 5.59. The Labute approximate surface area is 246 Å². The van der Waals surface area contributed by atoms with Crippen molar-refractivity contribution in [1.82, 2.24) is 34.5 Å². The van der Waals surface area contributed by atoms with Crippen LogP contribution in [0.15, 0.2) is 47.7 Å². The van der Waals surface area contributed by atoms with Crippen molar-refractivity contribution in [1.29, 1.82) is 0 Å². The molecule has 0 bridgehead atoms. The van der Waals surface area contributed by atoms with Crippen LogP contribution in [-0.4, -0.2) is 80.4 Å². The Balaban J connectivity index is 1.24. The predicted molar refractivity (Wildman–Crippen MR) is 161 cm³/mol. The lowest BCUT2D eigenvalue weighted by Gasteiger charge is -2.38. The molecule has 1 aliphatic heterocycles. The minimum Gasteiger partial charge on any atom is -0.493 e. The van der Waals surface area contributed by atoms with E-state index in [0.29, 0.717) is 56.7 Å². The molecule has 0 amide bonds. The third kappa shape index (κ3) is 6.54. The van der Waals surface area contributed by atoms with Gasteiger partial charge in [0.25, 0.3) is 5.56 Å². The van der Waals surface area contributed by atoms with E-state index >= 15 is 0 Å². The molecule has 4 heterocycles. The third-order valence-electron chi connectivity index (χ3n) is 8.05. The smallest absolute Gasteiger partial charge is 0.281 e. The van der Waals surface area contributed by atoms with Crippen molar-refractivity contribution in [2.45, 2.75) is 51.4 Å². The number of nitrogens with zero attached hydrogens (tertiary/aromatic N) is 6. The molecule has 224 valence electrons. The van der Waals surface area contributed by atoms with Gasteiger partial charge in [-0.1, -0.05) is 24.3 Å². The van der Waals surface area contributed by atoms with Crippen LogP contribution < -0.4 is 15.6 Å². The molecule has 5 rings (SSSR count). The number of likely N-dealkylation sites (tertiary alicyclic amines) is 1. The highest BCUT2D eigenvalue weighted by Crippen LogP contribution is 2.28. The molecular weight excluding hydrogens is 534 g/mol. The Bertz CT molecular complexity index is 1560. The summed E-state index contributed by atoms with van der Waals surface area (Å²) in [4.78, 5) is 25.0. The molecule has 42 heavy (non-hydrogen) atoms. The van der Waals surface area contributed by atoms with Gasteiger partial charge in [-0.3, -0.25) is 23.9 Å². The highest BCUT2D eigenvalue weighted by Gasteiger charge is 2.34. The van der Waals surface area contributed by atoms with Crippen molar-refractivity contribution in [3.05, 3.63) is 70.0 Å². The number of nitrogens with one attached hydrogen (secondary N) is 1. The van der Waals surface area contributed by atoms with Gasteiger partial charge in [0.2, 0.25) is 0 Å². The van der Waals surface area contributed by atoms with Crippen molar-refractivity contribution in [3.63, 3.8) is 0 Å². The minimum atomic E-state index is -1.01. The maximum absolute atomic E-state index is 13.5. The summed E-state index contributed by atoms with van der Waals surface area (Å²) in [5.74, 6) is 0.843. The van der Waals surface area contributed by atoms with Gasteiger partial charge < -0.3 is 19.9 Å². The summed E-state index contributed by atoms with van der Waals surface area (Å²) >= 11 is 0. The molecule has 1 saturated heterocycles. The van der Waals surface area contributed by atoms with E-state index in [1.807, 2.05) is 39.2 Å². The van der Waals surface area contributed by atoms with Crippen LogP contribution in [0.3, 0.4) is 0 Å². The molecule has 0 spiro atoms. The van der Waals surface area contributed by atoms with Crippen molar-refractivity contribution < 1.29 is 14.6 Å². The Kier molecular flexibility index (Phi) is 9.32. The number of rotatable bonds is 12. The molecule has 11 heteroatoms. The molecule has 0 unspecified atom stereocenters. The molecule has 2 N–H and O–H groups in total. The number of hydrogen-bond acceptors (Lipinski definition) is 9. The quantitative estimate of drug-likeness (QED) is 0.246. The maximum Gasteiger partial charge on any atom is 0.281 e. The number of benzene rings is 1. The van der Waals surface area contributed by atoms with Gasteiger partial charge in [-0.15, -0.1) is 0 Å². The average molecular weight is 576 g/mol. The lowest BCUT2D eigenvalue weighted by molar-refractivity contribution is -0.0367. The lowest BCUT2D eigenvalue weighted by Crippen LogP contribution is -2.48. The molecule has 1 fully saturated rings. The van der Waals surface area contributed by atoms with Crippen LogP contribution >= 0.6 is 0 Å². The van der Waals surface area contributed by atoms with Crippen molar-refractivity contribution in [2.75, 3.05) is 40.5 Å². The zero-order chi connectivity index (χ0) is 29.7. The van der Waals surface area contributed by atoms with Gasteiger partial charge in [0.15, 0.2) is 5.52 Å². The summed E-state index contributed by atoms with van der Waals surface area (Å²) in [5.41, 5.74) is 4.54. The summed E-state index contributed by atoms with van der Waals surface area (Å²) in [6, 6.07) is 10.1. The first-order valence-electron chi connectivity index (χ1n) is 14.5. The molecule has 4 aromatic rings. The van der Waals surface area contributed by atoms with Crippen LogP contribution in [0.2, 0.25) is 0 Å². The predicted octanol–water partition coefficient (Wildman–Crippen LogP) is 2.66. The first-order valence-corrected chi connectivity index (χ1v) is 14.5. The van der Waals surface area contributed by atoms with Crippen molar-refractivity contribution in [3.8, 4) is 17.0 Å². The first kappa shape index (κ1) is 29.8. The highest BCUT2D eigenvalue weighted by molar-refractivity contribution is 5.89. The monoisotopic (exact) mass is 575 g/mol. The van der Waals surface area contributed by atoms with E-state index in [9.17, 15) is 9.90 Å². The van der Waals surface area contributed by atoms with Crippen LogP contribution in [-0.2, 0) is 31.4 Å². The Hall–Kier alpha value is -3.64. The maximum atomic E-state index is 13.5. The molecule has 1 aromatic carbocycles. The van der Waals surface area contributed by atoms with E-state index in [4.69, 9.17) is 9.47 Å². The summed E-state index contributed by atoms with van der Waals surface area (Å²) in [6.07, 6.45) is 5.23. The molecule has 11 nitrogen and oxygen atoms in total. The number of aryl methyl sites for hydroxylation is 1. The summed E-state index contributed by atoms with van der Waals surface area (Å²) in [7, 11) is 5.43. The van der Waals surface area contributed by atoms with Gasteiger partial charge in [0.05, 0.1) is 36.5 Å². The highest BCUT2D eigenvalue weighted by atomic mass is 16.5. The second kappa shape index (κ2) is 13.1. The number of aliphatic hydroxyl groups is 1. The van der Waals surface area contributed by atoms with Gasteiger partial charge in [-0.25, -0.2) is 4.98 Å². The molecule has 0 atom stereocenters. The molecule has 0 radical (unpaired) electrons. The number of aromatic nitrogens is 5. The number of pyridine rings is 1. The minimum absolute atomic E-state index is 0.176. The number of piperidine rings is 1. The normalized spacial score (nSPS) is 15.4. The van der Waals surface area contributed by atoms with E-state index in [2.05, 4.69) is 37.4 Å². The van der Waals surface area contributed by atoms with Crippen molar-refractivity contribution in [2.24, 2.45) is 7.05 Å². The van der Waals surface area contributed by atoms with Gasteiger partial charge in [-0.05, 0) is 38.4 Å². The molecule has 1 aliphatic rings. The Morgan fingerprint density at radius 1 is 1.07 bits per heavy atom. The van der Waals surface area contributed by atoms with Crippen LogP contribution in [0.25, 0.3) is 22.3 Å². The van der Waals surface area contributed by atoms with Crippen molar-refractivity contribution >= 4 is 11.0 Å². The second-order valence-electron chi connectivity index (χ2n) is 11.2. The van der Waals surface area contributed by atoms with E-state index in [0.717, 1.165) is 41.2 Å². The summed E-state index contributed by atoms with van der Waals surface area (Å²) < 4.78 is 14.2. The summed E-state index contributed by atoms with van der Waals surface area (Å²) in [5, 5.41) is 19.1. The number of ether oxygens (including phenoxy) is 2. The van der Waals surface area contributed by atoms with E-state index in [1.165, 1.54) is 10.1 Å². The largest absolute Gasteiger partial charge is 0.493 e. The van der Waals surface area contributed by atoms with Crippen LogP contribution in [0.1, 0.15) is 36.1 Å². The summed E-state index contributed by atoms with van der Waals surface area (Å²) in [6.45, 7) is 6.32. The topological polar surface area (TPSA) is 120 Å². The van der Waals surface area contributed by atoms with Gasteiger partial charge in [0.1, 0.15) is 11.3 Å². The average Bonchev–Trinajstić information content (AvgIpc) is 3.33. The van der Waals surface area contributed by atoms with Crippen LogP contribution in [0.4, 0.5) is 0 Å². The van der Waals surface area contributed by atoms with Crippen LogP contribution in [0, 0.1) is 6.92 Å². The zero-order valence-corrected chi connectivity index (χ0v) is 25.0. The second-order valence-corrected chi connectivity index (χ2v) is 11.2. The molecule has 3 aromatic heterocycles. The molecule has 0 aliphatic carbocycles. The fraction of sp³-hybridized carbons (Fsp3) is 0.484. The SMILES string of the molecule is CNCc1ccc(-c2c3ncn(CC4(O)CCN(Cc5nccc(OCCCOC)c5C)CC4)c(=O)c3nn2C)cc1. The van der Waals surface area contributed by atoms with Gasteiger partial charge in [-0.2, -0.15) is 5.10 Å². The van der Waals surface area contributed by atoms with E-state index < -0.39 is 5.60 Å². The van der Waals surface area contributed by atoms with Crippen LogP contribution in [0.5, 0.6) is 5.75 Å². The van der Waals surface area contributed by atoms with Gasteiger partial charge >= 0.3 is 0 Å². The Morgan fingerprint density at radius 3 is 2.55 bits per heavy atom. The molecule has 0 saturated carbocycles. The number of methoxy groups -OCH3 is 1.